The number of hydrazone groups is 1. The molecule has 0 radical (unpaired) electrons. The lowest BCUT2D eigenvalue weighted by atomic mass is 10.2. The van der Waals surface area contributed by atoms with Gasteiger partial charge in [0.25, 0.3) is 21.6 Å². The van der Waals surface area contributed by atoms with Gasteiger partial charge in [-0.15, -0.1) is 0 Å². The van der Waals surface area contributed by atoms with Gasteiger partial charge in [0.15, 0.2) is 0 Å². The molecule has 3 aromatic carbocycles. The van der Waals surface area contributed by atoms with Crippen LogP contribution in [0.5, 0.6) is 0 Å². The summed E-state index contributed by atoms with van der Waals surface area (Å²) in [6.07, 6.45) is 1.14. The summed E-state index contributed by atoms with van der Waals surface area (Å²) in [7, 11) is -4.03. The number of anilines is 1. The Bertz CT molecular complexity index is 1250. The SMILES string of the molecule is O=C(CN(c1ccc(I)cc1)S(=O)(=O)c1ccccc1)N/N=C\c1ccccc1[N+](=O)[O-]. The number of sulfonamides is 1. The summed E-state index contributed by atoms with van der Waals surface area (Å²) in [5.74, 6) is -0.710. The quantitative estimate of drug-likeness (QED) is 0.194. The van der Waals surface area contributed by atoms with Gasteiger partial charge in [-0.1, -0.05) is 30.3 Å². The number of carbonyl (C=O) groups is 1. The fourth-order valence-corrected chi connectivity index (χ4v) is 4.55. The van der Waals surface area contributed by atoms with E-state index in [0.29, 0.717) is 5.69 Å². The van der Waals surface area contributed by atoms with Gasteiger partial charge in [-0.25, -0.2) is 13.8 Å². The normalized spacial score (nSPS) is 11.3. The second-order valence-electron chi connectivity index (χ2n) is 6.41. The second kappa shape index (κ2) is 10.3. The number of amides is 1. The van der Waals surface area contributed by atoms with E-state index in [1.165, 1.54) is 30.3 Å². The minimum absolute atomic E-state index is 0.0368. The molecule has 0 aromatic heterocycles. The van der Waals surface area contributed by atoms with E-state index in [1.807, 2.05) is 0 Å². The van der Waals surface area contributed by atoms with Crippen molar-refractivity contribution in [2.45, 2.75) is 4.90 Å². The summed E-state index contributed by atoms with van der Waals surface area (Å²) in [4.78, 5) is 23.1. The molecule has 0 saturated heterocycles. The molecule has 0 heterocycles. The smallest absolute Gasteiger partial charge is 0.271 e. The van der Waals surface area contributed by atoms with E-state index in [2.05, 4.69) is 33.1 Å². The zero-order chi connectivity index (χ0) is 23.1. The molecule has 0 atom stereocenters. The predicted molar refractivity (Wildman–Crippen MR) is 129 cm³/mol. The van der Waals surface area contributed by atoms with Gasteiger partial charge in [0.1, 0.15) is 6.54 Å². The fraction of sp³-hybridized carbons (Fsp3) is 0.0476. The highest BCUT2D eigenvalue weighted by atomic mass is 127. The third-order valence-corrected chi connectivity index (χ3v) is 6.77. The lowest BCUT2D eigenvalue weighted by Crippen LogP contribution is -2.39. The number of nitrogens with one attached hydrogen (secondary N) is 1. The van der Waals surface area contributed by atoms with Crippen LogP contribution in [0, 0.1) is 13.7 Å². The van der Waals surface area contributed by atoms with E-state index in [9.17, 15) is 23.3 Å². The van der Waals surface area contributed by atoms with Crippen molar-refractivity contribution in [1.29, 1.82) is 0 Å². The van der Waals surface area contributed by atoms with Crippen LogP contribution in [0.1, 0.15) is 5.56 Å². The highest BCUT2D eigenvalue weighted by Gasteiger charge is 2.27. The largest absolute Gasteiger partial charge is 0.278 e. The maximum Gasteiger partial charge on any atom is 0.278 e. The van der Waals surface area contributed by atoms with Crippen LogP contribution in [0.4, 0.5) is 11.4 Å². The molecule has 0 unspecified atom stereocenters. The lowest BCUT2D eigenvalue weighted by molar-refractivity contribution is -0.385. The first kappa shape index (κ1) is 23.3. The van der Waals surface area contributed by atoms with E-state index in [0.717, 1.165) is 14.1 Å². The number of carbonyl (C=O) groups excluding carboxylic acids is 1. The Kier molecular flexibility index (Phi) is 7.53. The van der Waals surface area contributed by atoms with E-state index in [4.69, 9.17) is 0 Å². The summed E-state index contributed by atoms with van der Waals surface area (Å²) in [5, 5.41) is 14.8. The van der Waals surface area contributed by atoms with Gasteiger partial charge in [0.2, 0.25) is 0 Å². The fourth-order valence-electron chi connectivity index (χ4n) is 2.74. The summed E-state index contributed by atoms with van der Waals surface area (Å²) < 4.78 is 28.3. The molecule has 0 fully saturated rings. The summed E-state index contributed by atoms with van der Waals surface area (Å²) >= 11 is 2.09. The van der Waals surface area contributed by atoms with Gasteiger partial charge in [-0.05, 0) is 65.1 Å². The van der Waals surface area contributed by atoms with Gasteiger partial charge in [0.05, 0.1) is 27.3 Å². The van der Waals surface area contributed by atoms with Crippen molar-refractivity contribution in [1.82, 2.24) is 5.43 Å². The first-order valence-electron chi connectivity index (χ1n) is 9.18. The Morgan fingerprint density at radius 3 is 2.31 bits per heavy atom. The van der Waals surface area contributed by atoms with Crippen LogP contribution < -0.4 is 9.73 Å². The van der Waals surface area contributed by atoms with Crippen molar-refractivity contribution in [3.05, 3.63) is 98.1 Å². The molecule has 3 rings (SSSR count). The van der Waals surface area contributed by atoms with Crippen LogP contribution in [0.3, 0.4) is 0 Å². The number of para-hydroxylation sites is 1. The third-order valence-electron chi connectivity index (χ3n) is 4.26. The summed E-state index contributed by atoms with van der Waals surface area (Å²) in [5.41, 5.74) is 2.57. The first-order chi connectivity index (χ1) is 15.3. The van der Waals surface area contributed by atoms with Crippen molar-refractivity contribution in [3.8, 4) is 0 Å². The van der Waals surface area contributed by atoms with Gasteiger partial charge in [-0.2, -0.15) is 5.10 Å². The average molecular weight is 564 g/mol. The molecule has 0 spiro atoms. The molecular formula is C21H17IN4O5S. The Labute approximate surface area is 198 Å². The predicted octanol–water partition coefficient (Wildman–Crippen LogP) is 3.55. The maximum atomic E-state index is 13.2. The van der Waals surface area contributed by atoms with Crippen molar-refractivity contribution in [3.63, 3.8) is 0 Å². The topological polar surface area (TPSA) is 122 Å². The highest BCUT2D eigenvalue weighted by molar-refractivity contribution is 14.1. The average Bonchev–Trinajstić information content (AvgIpc) is 2.79. The Morgan fingerprint density at radius 2 is 1.66 bits per heavy atom. The number of rotatable bonds is 8. The molecule has 9 nitrogen and oxygen atoms in total. The highest BCUT2D eigenvalue weighted by Crippen LogP contribution is 2.24. The molecule has 0 aliphatic rings. The van der Waals surface area contributed by atoms with Gasteiger partial charge < -0.3 is 0 Å². The van der Waals surface area contributed by atoms with Crippen molar-refractivity contribution in [2.24, 2.45) is 5.10 Å². The van der Waals surface area contributed by atoms with Crippen LogP contribution in [0.15, 0.2) is 88.9 Å². The van der Waals surface area contributed by atoms with Gasteiger partial charge >= 0.3 is 0 Å². The molecule has 0 aliphatic carbocycles. The standard InChI is InChI=1S/C21H17IN4O5S/c22-17-10-12-18(13-11-17)25(32(30,31)19-7-2-1-3-8-19)15-21(27)24-23-14-16-6-4-5-9-20(16)26(28)29/h1-14H,15H2,(H,24,27)/b23-14-. The minimum atomic E-state index is -4.03. The zero-order valence-electron chi connectivity index (χ0n) is 16.5. The number of halogens is 1. The Balaban J connectivity index is 1.83. The molecule has 0 bridgehead atoms. The number of nitro benzene ring substituents is 1. The number of nitrogens with zero attached hydrogens (tertiary/aromatic N) is 3. The van der Waals surface area contributed by atoms with E-state index in [-0.39, 0.29) is 16.1 Å². The molecule has 0 saturated carbocycles. The van der Waals surface area contributed by atoms with Crippen LogP contribution in [-0.4, -0.2) is 32.0 Å². The number of benzene rings is 3. The first-order valence-corrected chi connectivity index (χ1v) is 11.7. The molecule has 3 aromatic rings. The van der Waals surface area contributed by atoms with E-state index < -0.39 is 27.4 Å². The molecule has 0 aliphatic heterocycles. The number of hydrogen-bond donors (Lipinski definition) is 1. The molecule has 164 valence electrons. The van der Waals surface area contributed by atoms with Crippen molar-refractivity contribution < 1.29 is 18.1 Å². The van der Waals surface area contributed by atoms with E-state index >= 15 is 0 Å². The second-order valence-corrected chi connectivity index (χ2v) is 9.52. The molecule has 11 heteroatoms. The van der Waals surface area contributed by atoms with Crippen molar-refractivity contribution in [2.75, 3.05) is 10.8 Å². The maximum absolute atomic E-state index is 13.2. The van der Waals surface area contributed by atoms with Gasteiger partial charge in [0, 0.05) is 9.64 Å². The number of hydrogen-bond acceptors (Lipinski definition) is 6. The Morgan fingerprint density at radius 1 is 1.03 bits per heavy atom. The molecular weight excluding hydrogens is 547 g/mol. The van der Waals surface area contributed by atoms with Crippen LogP contribution in [0.2, 0.25) is 0 Å². The van der Waals surface area contributed by atoms with Crippen molar-refractivity contribution >= 4 is 56.1 Å². The summed E-state index contributed by atoms with van der Waals surface area (Å²) in [6.45, 7) is -0.536. The lowest BCUT2D eigenvalue weighted by Gasteiger charge is -2.23. The zero-order valence-corrected chi connectivity index (χ0v) is 19.4. The van der Waals surface area contributed by atoms with Crippen LogP contribution in [0.25, 0.3) is 0 Å². The number of nitro groups is 1. The molecule has 1 N–H and O–H groups in total. The van der Waals surface area contributed by atoms with Crippen LogP contribution in [-0.2, 0) is 14.8 Å². The monoisotopic (exact) mass is 564 g/mol. The third kappa shape index (κ3) is 5.68. The Hall–Kier alpha value is -3.32. The van der Waals surface area contributed by atoms with Crippen LogP contribution >= 0.6 is 22.6 Å². The molecule has 1 amide bonds. The van der Waals surface area contributed by atoms with Gasteiger partial charge in [-0.3, -0.25) is 19.2 Å². The summed E-state index contributed by atoms with van der Waals surface area (Å²) in [6, 6.07) is 20.3. The van der Waals surface area contributed by atoms with E-state index in [1.54, 1.807) is 48.5 Å². The molecule has 32 heavy (non-hydrogen) atoms. The minimum Gasteiger partial charge on any atom is -0.271 e.